The standard InChI is InChI=1S/C23H29N3O2S.ClH/c1-5-25(6-2)14-15-26(22(27)18-10-8-17(4)9-11-18)23-24-20-13-12-19(28-7-3)16-21(20)29-23;/h8-13,16H,5-7,14-15H2,1-4H3;1H. The minimum absolute atomic E-state index is 0. The van der Waals surface area contributed by atoms with Crippen molar-refractivity contribution < 1.29 is 9.53 Å². The number of benzene rings is 2. The predicted octanol–water partition coefficient (Wildman–Crippen LogP) is 5.41. The van der Waals surface area contributed by atoms with Crippen LogP contribution in [0.4, 0.5) is 5.13 Å². The highest BCUT2D eigenvalue weighted by atomic mass is 35.5. The molecule has 0 aliphatic heterocycles. The van der Waals surface area contributed by atoms with Gasteiger partial charge in [-0.05, 0) is 57.3 Å². The molecule has 0 bridgehead atoms. The van der Waals surface area contributed by atoms with Crippen LogP contribution in [0.2, 0.25) is 0 Å². The molecule has 3 aromatic rings. The highest BCUT2D eigenvalue weighted by Gasteiger charge is 2.22. The van der Waals surface area contributed by atoms with Crippen molar-refractivity contribution in [1.82, 2.24) is 9.88 Å². The molecule has 3 rings (SSSR count). The Balaban J connectivity index is 0.00000320. The van der Waals surface area contributed by atoms with Crippen molar-refractivity contribution in [3.8, 4) is 5.75 Å². The first-order valence-corrected chi connectivity index (χ1v) is 11.0. The van der Waals surface area contributed by atoms with Crippen LogP contribution < -0.4 is 9.64 Å². The summed E-state index contributed by atoms with van der Waals surface area (Å²) in [4.78, 5) is 22.2. The second kappa shape index (κ2) is 11.3. The van der Waals surface area contributed by atoms with E-state index in [1.165, 1.54) is 11.3 Å². The fourth-order valence-corrected chi connectivity index (χ4v) is 4.20. The van der Waals surface area contributed by atoms with E-state index >= 15 is 0 Å². The van der Waals surface area contributed by atoms with Gasteiger partial charge in [0.05, 0.1) is 16.8 Å². The van der Waals surface area contributed by atoms with Gasteiger partial charge in [-0.25, -0.2) is 4.98 Å². The van der Waals surface area contributed by atoms with Gasteiger partial charge in [-0.1, -0.05) is 42.9 Å². The van der Waals surface area contributed by atoms with Crippen LogP contribution in [0.1, 0.15) is 36.7 Å². The molecule has 0 atom stereocenters. The van der Waals surface area contributed by atoms with E-state index in [1.807, 2.05) is 61.2 Å². The van der Waals surface area contributed by atoms with Gasteiger partial charge in [-0.2, -0.15) is 0 Å². The number of halogens is 1. The average Bonchev–Trinajstić information content (AvgIpc) is 3.14. The summed E-state index contributed by atoms with van der Waals surface area (Å²) in [7, 11) is 0. The predicted molar refractivity (Wildman–Crippen MR) is 129 cm³/mol. The van der Waals surface area contributed by atoms with Crippen molar-refractivity contribution in [3.63, 3.8) is 0 Å². The molecule has 0 aliphatic carbocycles. The van der Waals surface area contributed by atoms with E-state index < -0.39 is 0 Å². The summed E-state index contributed by atoms with van der Waals surface area (Å²) >= 11 is 1.53. The number of hydrogen-bond acceptors (Lipinski definition) is 5. The van der Waals surface area contributed by atoms with Gasteiger partial charge in [-0.15, -0.1) is 12.4 Å². The molecule has 0 unspecified atom stereocenters. The number of aromatic nitrogens is 1. The van der Waals surface area contributed by atoms with E-state index in [1.54, 1.807) is 0 Å². The number of thiazole rings is 1. The third kappa shape index (κ3) is 5.72. The molecule has 0 saturated heterocycles. The van der Waals surface area contributed by atoms with Crippen molar-refractivity contribution in [1.29, 1.82) is 0 Å². The molecule has 1 aromatic heterocycles. The van der Waals surface area contributed by atoms with Gasteiger partial charge in [0.1, 0.15) is 5.75 Å². The van der Waals surface area contributed by atoms with Gasteiger partial charge in [0.15, 0.2) is 5.13 Å². The Kier molecular flexibility index (Phi) is 9.08. The quantitative estimate of drug-likeness (QED) is 0.439. The molecule has 0 N–H and O–H groups in total. The molecule has 1 amide bonds. The largest absolute Gasteiger partial charge is 0.494 e. The van der Waals surface area contributed by atoms with Crippen molar-refractivity contribution >= 4 is 45.0 Å². The van der Waals surface area contributed by atoms with Crippen LogP contribution in [0.15, 0.2) is 42.5 Å². The van der Waals surface area contributed by atoms with E-state index in [9.17, 15) is 4.79 Å². The lowest BCUT2D eigenvalue weighted by Gasteiger charge is -2.24. The number of anilines is 1. The average molecular weight is 448 g/mol. The van der Waals surface area contributed by atoms with Gasteiger partial charge >= 0.3 is 0 Å². The number of amides is 1. The Morgan fingerprint density at radius 3 is 2.37 bits per heavy atom. The molecule has 1 heterocycles. The summed E-state index contributed by atoms with van der Waals surface area (Å²) in [6, 6.07) is 13.6. The molecule has 0 spiro atoms. The van der Waals surface area contributed by atoms with Gasteiger partial charge in [0, 0.05) is 18.7 Å². The summed E-state index contributed by atoms with van der Waals surface area (Å²) in [6.45, 7) is 12.2. The van der Waals surface area contributed by atoms with Crippen LogP contribution in [-0.2, 0) is 0 Å². The summed E-state index contributed by atoms with van der Waals surface area (Å²) in [5.74, 6) is 0.816. The molecule has 5 nitrogen and oxygen atoms in total. The van der Waals surface area contributed by atoms with Crippen LogP contribution in [0.25, 0.3) is 10.2 Å². The fourth-order valence-electron chi connectivity index (χ4n) is 3.18. The zero-order chi connectivity index (χ0) is 20.8. The van der Waals surface area contributed by atoms with E-state index in [-0.39, 0.29) is 18.3 Å². The van der Waals surface area contributed by atoms with Gasteiger partial charge in [-0.3, -0.25) is 9.69 Å². The van der Waals surface area contributed by atoms with Crippen LogP contribution in [0.5, 0.6) is 5.75 Å². The summed E-state index contributed by atoms with van der Waals surface area (Å²) < 4.78 is 6.64. The first kappa shape index (κ1) is 24.1. The van der Waals surface area contributed by atoms with Gasteiger partial charge in [0.2, 0.25) is 0 Å². The SMILES string of the molecule is CCOc1ccc2nc(N(CCN(CC)CC)C(=O)c3ccc(C)cc3)sc2c1.Cl. The number of aryl methyl sites for hydroxylation is 1. The molecule has 0 radical (unpaired) electrons. The van der Waals surface area contributed by atoms with Gasteiger partial charge in [0.25, 0.3) is 5.91 Å². The van der Waals surface area contributed by atoms with Gasteiger partial charge < -0.3 is 9.64 Å². The lowest BCUT2D eigenvalue weighted by molar-refractivity contribution is 0.0984. The lowest BCUT2D eigenvalue weighted by atomic mass is 10.1. The van der Waals surface area contributed by atoms with Crippen molar-refractivity contribution in [2.75, 3.05) is 37.7 Å². The Morgan fingerprint density at radius 2 is 1.73 bits per heavy atom. The molecule has 162 valence electrons. The molecule has 0 aliphatic rings. The molecule has 30 heavy (non-hydrogen) atoms. The second-order valence-electron chi connectivity index (χ2n) is 6.91. The molecular weight excluding hydrogens is 418 g/mol. The van der Waals surface area contributed by atoms with Crippen LogP contribution in [-0.4, -0.2) is 48.6 Å². The number of fused-ring (bicyclic) bond motifs is 1. The molecule has 0 fully saturated rings. The Bertz CT molecular complexity index is 955. The van der Waals surface area contributed by atoms with Crippen molar-refractivity contribution in [3.05, 3.63) is 53.6 Å². The maximum Gasteiger partial charge on any atom is 0.260 e. The van der Waals surface area contributed by atoms with E-state index in [2.05, 4.69) is 18.7 Å². The lowest BCUT2D eigenvalue weighted by Crippen LogP contribution is -2.38. The summed E-state index contributed by atoms with van der Waals surface area (Å²) in [6.07, 6.45) is 0. The first-order valence-electron chi connectivity index (χ1n) is 10.2. The minimum Gasteiger partial charge on any atom is -0.494 e. The highest BCUT2D eigenvalue weighted by molar-refractivity contribution is 7.22. The zero-order valence-electron chi connectivity index (χ0n) is 18.1. The monoisotopic (exact) mass is 447 g/mol. The summed E-state index contributed by atoms with van der Waals surface area (Å²) in [5, 5.41) is 0.728. The number of carbonyl (C=O) groups excluding carboxylic acids is 1. The normalized spacial score (nSPS) is 10.8. The van der Waals surface area contributed by atoms with Crippen LogP contribution in [0, 0.1) is 6.92 Å². The molecular formula is C23H30ClN3O2S. The Hall–Kier alpha value is -2.15. The fraction of sp³-hybridized carbons (Fsp3) is 0.391. The third-order valence-corrected chi connectivity index (χ3v) is 6.01. The maximum atomic E-state index is 13.3. The maximum absolute atomic E-state index is 13.3. The molecule has 7 heteroatoms. The second-order valence-corrected chi connectivity index (χ2v) is 7.92. The number of rotatable bonds is 9. The Morgan fingerprint density at radius 1 is 1.03 bits per heavy atom. The first-order chi connectivity index (χ1) is 14.0. The van der Waals surface area contributed by atoms with E-state index in [4.69, 9.17) is 9.72 Å². The smallest absolute Gasteiger partial charge is 0.260 e. The summed E-state index contributed by atoms with van der Waals surface area (Å²) in [5.41, 5.74) is 2.71. The minimum atomic E-state index is -0.0127. The molecule has 2 aromatic carbocycles. The number of nitrogens with zero attached hydrogens (tertiary/aromatic N) is 3. The Labute approximate surface area is 189 Å². The van der Waals surface area contributed by atoms with Crippen molar-refractivity contribution in [2.45, 2.75) is 27.7 Å². The van der Waals surface area contributed by atoms with Crippen LogP contribution in [0.3, 0.4) is 0 Å². The zero-order valence-corrected chi connectivity index (χ0v) is 19.7. The topological polar surface area (TPSA) is 45.7 Å². The number of ether oxygens (including phenoxy) is 1. The highest BCUT2D eigenvalue weighted by Crippen LogP contribution is 2.32. The number of likely N-dealkylation sites (N-methyl/N-ethyl adjacent to an activating group) is 1. The van der Waals surface area contributed by atoms with Crippen molar-refractivity contribution in [2.24, 2.45) is 0 Å². The molecule has 0 saturated carbocycles. The number of hydrogen-bond donors (Lipinski definition) is 0. The van der Waals surface area contributed by atoms with E-state index in [0.29, 0.717) is 18.7 Å². The third-order valence-electron chi connectivity index (χ3n) is 4.97. The van der Waals surface area contributed by atoms with E-state index in [0.717, 1.165) is 46.3 Å². The van der Waals surface area contributed by atoms with Crippen LogP contribution >= 0.6 is 23.7 Å². The number of carbonyl (C=O) groups is 1.